The first-order valence-corrected chi connectivity index (χ1v) is 7.23. The molecule has 102 valence electrons. The summed E-state index contributed by atoms with van der Waals surface area (Å²) in [5.74, 6) is 0.478. The molecule has 0 amide bonds. The first-order chi connectivity index (χ1) is 9.63. The van der Waals surface area contributed by atoms with Crippen molar-refractivity contribution in [1.82, 2.24) is 4.98 Å². The standard InChI is InChI=1S/C15H14N2O2S/c1-9-8-20-14-13(9)15(18)19-12(17-14)6-5-10-3-2-4-11(16)7-10/h2-4,7-8H,5-6,16H2,1H3. The predicted molar refractivity (Wildman–Crippen MR) is 81.2 cm³/mol. The number of nitrogen functional groups attached to an aromatic ring is 1. The lowest BCUT2D eigenvalue weighted by Gasteiger charge is -2.02. The summed E-state index contributed by atoms with van der Waals surface area (Å²) in [5.41, 5.74) is 8.22. The summed E-state index contributed by atoms with van der Waals surface area (Å²) >= 11 is 1.48. The average molecular weight is 286 g/mol. The summed E-state index contributed by atoms with van der Waals surface area (Å²) < 4.78 is 5.29. The van der Waals surface area contributed by atoms with Crippen LogP contribution < -0.4 is 11.4 Å². The van der Waals surface area contributed by atoms with E-state index in [0.717, 1.165) is 28.1 Å². The average Bonchev–Trinajstić information content (AvgIpc) is 2.79. The third kappa shape index (κ3) is 2.44. The van der Waals surface area contributed by atoms with Crippen LogP contribution >= 0.6 is 11.3 Å². The number of rotatable bonds is 3. The number of nitrogens with two attached hydrogens (primary N) is 1. The van der Waals surface area contributed by atoms with Crippen molar-refractivity contribution in [3.63, 3.8) is 0 Å². The van der Waals surface area contributed by atoms with E-state index in [1.54, 1.807) is 0 Å². The predicted octanol–water partition coefficient (Wildman–Crippen LogP) is 2.93. The highest BCUT2D eigenvalue weighted by Crippen LogP contribution is 2.21. The molecule has 1 aromatic carbocycles. The van der Waals surface area contributed by atoms with Gasteiger partial charge in [0.25, 0.3) is 0 Å². The number of nitrogens with zero attached hydrogens (tertiary/aromatic N) is 1. The number of thiophene rings is 1. The van der Waals surface area contributed by atoms with Crippen LogP contribution in [0.4, 0.5) is 5.69 Å². The van der Waals surface area contributed by atoms with E-state index >= 15 is 0 Å². The molecule has 3 rings (SSSR count). The summed E-state index contributed by atoms with van der Waals surface area (Å²) in [4.78, 5) is 17.1. The number of hydrogen-bond acceptors (Lipinski definition) is 5. The largest absolute Gasteiger partial charge is 0.408 e. The lowest BCUT2D eigenvalue weighted by atomic mass is 10.1. The van der Waals surface area contributed by atoms with Crippen LogP contribution in [-0.2, 0) is 12.8 Å². The quantitative estimate of drug-likeness (QED) is 0.752. The van der Waals surface area contributed by atoms with Gasteiger partial charge < -0.3 is 10.2 Å². The first-order valence-electron chi connectivity index (χ1n) is 6.36. The van der Waals surface area contributed by atoms with Gasteiger partial charge in [-0.25, -0.2) is 9.78 Å². The van der Waals surface area contributed by atoms with Crippen molar-refractivity contribution in [1.29, 1.82) is 0 Å². The molecule has 3 aromatic rings. The van der Waals surface area contributed by atoms with Crippen LogP contribution in [-0.4, -0.2) is 4.98 Å². The Labute approximate surface area is 119 Å². The molecule has 0 fully saturated rings. The second kappa shape index (κ2) is 5.09. The molecule has 2 aromatic heterocycles. The number of fused-ring (bicyclic) bond motifs is 1. The van der Waals surface area contributed by atoms with Crippen LogP contribution in [0.2, 0.25) is 0 Å². The maximum atomic E-state index is 11.9. The van der Waals surface area contributed by atoms with E-state index in [-0.39, 0.29) is 5.63 Å². The summed E-state index contributed by atoms with van der Waals surface area (Å²) in [6, 6.07) is 7.69. The van der Waals surface area contributed by atoms with Crippen LogP contribution in [0.25, 0.3) is 10.2 Å². The Hall–Kier alpha value is -2.14. The number of benzene rings is 1. The van der Waals surface area contributed by atoms with Gasteiger partial charge in [-0.15, -0.1) is 11.3 Å². The Kier molecular flexibility index (Phi) is 3.28. The van der Waals surface area contributed by atoms with Crippen LogP contribution in [0.15, 0.2) is 38.9 Å². The highest BCUT2D eigenvalue weighted by Gasteiger charge is 2.10. The Morgan fingerprint density at radius 2 is 2.20 bits per heavy atom. The molecule has 2 heterocycles. The van der Waals surface area contributed by atoms with Crippen molar-refractivity contribution in [3.8, 4) is 0 Å². The molecule has 0 atom stereocenters. The SMILES string of the molecule is Cc1csc2nc(CCc3cccc(N)c3)oc(=O)c12. The van der Waals surface area contributed by atoms with Crippen molar-refractivity contribution in [2.24, 2.45) is 0 Å². The molecule has 20 heavy (non-hydrogen) atoms. The molecular weight excluding hydrogens is 272 g/mol. The zero-order chi connectivity index (χ0) is 14.1. The minimum Gasteiger partial charge on any atom is -0.408 e. The van der Waals surface area contributed by atoms with E-state index in [9.17, 15) is 4.79 Å². The zero-order valence-corrected chi connectivity index (χ0v) is 11.9. The third-order valence-corrected chi connectivity index (χ3v) is 4.17. The molecule has 0 spiro atoms. The molecule has 0 aliphatic rings. The van der Waals surface area contributed by atoms with Gasteiger partial charge in [-0.3, -0.25) is 0 Å². The minimum atomic E-state index is -0.295. The van der Waals surface area contributed by atoms with Crippen LogP contribution in [0.5, 0.6) is 0 Å². The van der Waals surface area contributed by atoms with Gasteiger partial charge in [0.15, 0.2) is 5.89 Å². The smallest absolute Gasteiger partial charge is 0.347 e. The topological polar surface area (TPSA) is 69.1 Å². The molecule has 0 bridgehead atoms. The molecule has 0 saturated carbocycles. The Bertz CT molecular complexity index is 820. The Balaban J connectivity index is 1.86. The summed E-state index contributed by atoms with van der Waals surface area (Å²) in [6.07, 6.45) is 1.34. The second-order valence-corrected chi connectivity index (χ2v) is 5.60. The highest BCUT2D eigenvalue weighted by atomic mass is 32.1. The number of anilines is 1. The van der Waals surface area contributed by atoms with Crippen molar-refractivity contribution in [3.05, 3.63) is 57.1 Å². The summed E-state index contributed by atoms with van der Waals surface area (Å²) in [6.45, 7) is 1.89. The maximum absolute atomic E-state index is 11.9. The highest BCUT2D eigenvalue weighted by molar-refractivity contribution is 7.16. The van der Waals surface area contributed by atoms with Gasteiger partial charge in [0, 0.05) is 12.1 Å². The maximum Gasteiger partial charge on any atom is 0.347 e. The van der Waals surface area contributed by atoms with Gasteiger partial charge in [0.05, 0.1) is 5.39 Å². The Morgan fingerprint density at radius 3 is 3.00 bits per heavy atom. The van der Waals surface area contributed by atoms with Crippen molar-refractivity contribution in [2.45, 2.75) is 19.8 Å². The number of aryl methyl sites for hydroxylation is 3. The van der Waals surface area contributed by atoms with E-state index in [1.807, 2.05) is 36.6 Å². The van der Waals surface area contributed by atoms with E-state index in [4.69, 9.17) is 10.2 Å². The third-order valence-electron chi connectivity index (χ3n) is 3.17. The van der Waals surface area contributed by atoms with Crippen molar-refractivity contribution < 1.29 is 4.42 Å². The first kappa shape index (κ1) is 12.9. The van der Waals surface area contributed by atoms with Crippen LogP contribution in [0.1, 0.15) is 17.0 Å². The van der Waals surface area contributed by atoms with E-state index < -0.39 is 0 Å². The van der Waals surface area contributed by atoms with E-state index in [0.29, 0.717) is 17.7 Å². The number of aromatic nitrogens is 1. The van der Waals surface area contributed by atoms with Gasteiger partial charge in [-0.1, -0.05) is 12.1 Å². The molecule has 0 unspecified atom stereocenters. The van der Waals surface area contributed by atoms with Crippen molar-refractivity contribution in [2.75, 3.05) is 5.73 Å². The van der Waals surface area contributed by atoms with E-state index in [1.165, 1.54) is 11.3 Å². The molecule has 4 nitrogen and oxygen atoms in total. The molecule has 0 radical (unpaired) electrons. The van der Waals surface area contributed by atoms with Crippen LogP contribution in [0, 0.1) is 6.92 Å². The molecule has 0 aliphatic carbocycles. The zero-order valence-electron chi connectivity index (χ0n) is 11.1. The van der Waals surface area contributed by atoms with Gasteiger partial charge >= 0.3 is 5.63 Å². The van der Waals surface area contributed by atoms with E-state index in [2.05, 4.69) is 4.98 Å². The fourth-order valence-electron chi connectivity index (χ4n) is 2.16. The fourth-order valence-corrected chi connectivity index (χ4v) is 3.09. The van der Waals surface area contributed by atoms with Gasteiger partial charge in [-0.05, 0) is 42.0 Å². The van der Waals surface area contributed by atoms with Crippen LogP contribution in [0.3, 0.4) is 0 Å². The van der Waals surface area contributed by atoms with Gasteiger partial charge in [0.2, 0.25) is 0 Å². The molecule has 5 heteroatoms. The summed E-state index contributed by atoms with van der Waals surface area (Å²) in [7, 11) is 0. The molecule has 2 N–H and O–H groups in total. The van der Waals surface area contributed by atoms with Crippen molar-refractivity contribution >= 4 is 27.2 Å². The monoisotopic (exact) mass is 286 g/mol. The number of hydrogen-bond donors (Lipinski definition) is 1. The molecule has 0 aliphatic heterocycles. The molecule has 0 saturated heterocycles. The lowest BCUT2D eigenvalue weighted by molar-refractivity contribution is 0.444. The fraction of sp³-hybridized carbons (Fsp3) is 0.200. The summed E-state index contributed by atoms with van der Waals surface area (Å²) in [5, 5.41) is 2.53. The molecular formula is C15H14N2O2S. The lowest BCUT2D eigenvalue weighted by Crippen LogP contribution is -2.05. The normalized spacial score (nSPS) is 11.1. The van der Waals surface area contributed by atoms with Gasteiger partial charge in [0.1, 0.15) is 4.83 Å². The minimum absolute atomic E-state index is 0.295. The second-order valence-electron chi connectivity index (χ2n) is 4.74. The van der Waals surface area contributed by atoms with Gasteiger partial charge in [-0.2, -0.15) is 0 Å². The Morgan fingerprint density at radius 1 is 1.35 bits per heavy atom.